The normalized spacial score (nSPS) is 13.7. The van der Waals surface area contributed by atoms with Gasteiger partial charge in [-0.25, -0.2) is 8.78 Å². The Kier molecular flexibility index (Phi) is 3.83. The van der Waals surface area contributed by atoms with Crippen LogP contribution in [0.4, 0.5) is 8.78 Å². The first-order valence-corrected chi connectivity index (χ1v) is 5.90. The first-order valence-electron chi connectivity index (χ1n) is 4.23. The SMILES string of the molecule is CC(NC(=O)c1csc(Br)c1)C(C)(F)F. The van der Waals surface area contributed by atoms with Crippen molar-refractivity contribution in [3.63, 3.8) is 0 Å². The van der Waals surface area contributed by atoms with Crippen molar-refractivity contribution in [2.45, 2.75) is 25.8 Å². The minimum atomic E-state index is -2.91. The average Bonchev–Trinajstić information content (AvgIpc) is 2.50. The predicted octanol–water partition coefficient (Wildman–Crippen LogP) is 3.28. The maximum Gasteiger partial charge on any atom is 0.264 e. The lowest BCUT2D eigenvalue weighted by molar-refractivity contribution is -0.0108. The Morgan fingerprint density at radius 2 is 2.27 bits per heavy atom. The van der Waals surface area contributed by atoms with E-state index in [-0.39, 0.29) is 0 Å². The maximum atomic E-state index is 12.8. The summed E-state index contributed by atoms with van der Waals surface area (Å²) in [6.45, 7) is 2.06. The first-order chi connectivity index (χ1) is 6.80. The monoisotopic (exact) mass is 297 g/mol. The summed E-state index contributed by atoms with van der Waals surface area (Å²) in [6.07, 6.45) is 0. The third-order valence-electron chi connectivity index (χ3n) is 1.94. The zero-order chi connectivity index (χ0) is 11.6. The van der Waals surface area contributed by atoms with Crippen LogP contribution >= 0.6 is 27.3 Å². The molecule has 1 heterocycles. The second-order valence-electron chi connectivity index (χ2n) is 3.29. The highest BCUT2D eigenvalue weighted by Crippen LogP contribution is 2.22. The van der Waals surface area contributed by atoms with Crippen LogP contribution in [0.3, 0.4) is 0 Å². The summed E-state index contributed by atoms with van der Waals surface area (Å²) in [7, 11) is 0. The molecule has 0 aliphatic heterocycles. The minimum Gasteiger partial charge on any atom is -0.344 e. The molecule has 1 atom stereocenters. The number of halogens is 3. The zero-order valence-electron chi connectivity index (χ0n) is 8.18. The molecule has 0 saturated carbocycles. The molecule has 0 bridgehead atoms. The van der Waals surface area contributed by atoms with E-state index >= 15 is 0 Å². The average molecular weight is 298 g/mol. The van der Waals surface area contributed by atoms with Crippen molar-refractivity contribution in [2.75, 3.05) is 0 Å². The van der Waals surface area contributed by atoms with Crippen molar-refractivity contribution in [3.05, 3.63) is 20.8 Å². The fourth-order valence-corrected chi connectivity index (χ4v) is 1.97. The second kappa shape index (κ2) is 4.57. The van der Waals surface area contributed by atoms with Gasteiger partial charge < -0.3 is 5.32 Å². The van der Waals surface area contributed by atoms with Gasteiger partial charge in [-0.1, -0.05) is 0 Å². The van der Waals surface area contributed by atoms with Gasteiger partial charge in [0.25, 0.3) is 11.8 Å². The van der Waals surface area contributed by atoms with Crippen molar-refractivity contribution >= 4 is 33.2 Å². The summed E-state index contributed by atoms with van der Waals surface area (Å²) >= 11 is 4.53. The molecular formula is C9H10BrF2NOS. The van der Waals surface area contributed by atoms with Gasteiger partial charge in [0.15, 0.2) is 0 Å². The molecule has 6 heteroatoms. The van der Waals surface area contributed by atoms with E-state index in [0.717, 1.165) is 10.7 Å². The summed E-state index contributed by atoms with van der Waals surface area (Å²) < 4.78 is 26.3. The Hall–Kier alpha value is -0.490. The van der Waals surface area contributed by atoms with Crippen LogP contribution in [-0.4, -0.2) is 17.9 Å². The minimum absolute atomic E-state index is 0.392. The summed E-state index contributed by atoms with van der Waals surface area (Å²) in [6, 6.07) is 0.421. The highest BCUT2D eigenvalue weighted by molar-refractivity contribution is 9.11. The number of nitrogens with one attached hydrogen (secondary N) is 1. The largest absolute Gasteiger partial charge is 0.344 e. The Balaban J connectivity index is 2.64. The van der Waals surface area contributed by atoms with Crippen molar-refractivity contribution in [1.29, 1.82) is 0 Å². The van der Waals surface area contributed by atoms with E-state index in [0.29, 0.717) is 5.56 Å². The van der Waals surface area contributed by atoms with Crippen LogP contribution in [0.2, 0.25) is 0 Å². The van der Waals surface area contributed by atoms with E-state index in [2.05, 4.69) is 21.2 Å². The van der Waals surface area contributed by atoms with E-state index in [4.69, 9.17) is 0 Å². The Labute approximate surface area is 98.8 Å². The lowest BCUT2D eigenvalue weighted by Crippen LogP contribution is -2.43. The third-order valence-corrected chi connectivity index (χ3v) is 3.44. The molecule has 1 aromatic heterocycles. The van der Waals surface area contributed by atoms with E-state index in [1.165, 1.54) is 18.3 Å². The topological polar surface area (TPSA) is 29.1 Å². The van der Waals surface area contributed by atoms with Crippen LogP contribution in [0.5, 0.6) is 0 Å². The second-order valence-corrected chi connectivity index (χ2v) is 5.58. The van der Waals surface area contributed by atoms with Crippen LogP contribution in [0, 0.1) is 0 Å². The first kappa shape index (κ1) is 12.6. The molecule has 1 N–H and O–H groups in total. The highest BCUT2D eigenvalue weighted by atomic mass is 79.9. The molecule has 0 fully saturated rings. The number of thiophene rings is 1. The van der Waals surface area contributed by atoms with E-state index in [1.54, 1.807) is 11.4 Å². The number of rotatable bonds is 3. The number of alkyl halides is 2. The van der Waals surface area contributed by atoms with Gasteiger partial charge in [0, 0.05) is 12.3 Å². The molecule has 84 valence electrons. The highest BCUT2D eigenvalue weighted by Gasteiger charge is 2.31. The number of carbonyl (C=O) groups excluding carboxylic acids is 1. The molecule has 0 aliphatic carbocycles. The van der Waals surface area contributed by atoms with Gasteiger partial charge in [0.05, 0.1) is 15.4 Å². The van der Waals surface area contributed by atoms with Crippen LogP contribution in [0.25, 0.3) is 0 Å². The predicted molar refractivity (Wildman–Crippen MR) is 59.6 cm³/mol. The van der Waals surface area contributed by atoms with Gasteiger partial charge in [0.2, 0.25) is 0 Å². The number of hydrogen-bond acceptors (Lipinski definition) is 2. The van der Waals surface area contributed by atoms with E-state index in [1.807, 2.05) is 0 Å². The lowest BCUT2D eigenvalue weighted by atomic mass is 10.2. The van der Waals surface area contributed by atoms with Gasteiger partial charge >= 0.3 is 0 Å². The molecule has 0 aromatic carbocycles. The lowest BCUT2D eigenvalue weighted by Gasteiger charge is -2.20. The van der Waals surface area contributed by atoms with Crippen molar-refractivity contribution in [2.24, 2.45) is 0 Å². The van der Waals surface area contributed by atoms with Gasteiger partial charge in [-0.15, -0.1) is 11.3 Å². The fourth-order valence-electron chi connectivity index (χ4n) is 0.836. The molecule has 0 aliphatic rings. The molecule has 0 radical (unpaired) electrons. The van der Waals surface area contributed by atoms with E-state index < -0.39 is 17.9 Å². The molecule has 2 nitrogen and oxygen atoms in total. The Morgan fingerprint density at radius 3 is 2.67 bits per heavy atom. The zero-order valence-corrected chi connectivity index (χ0v) is 10.6. The van der Waals surface area contributed by atoms with Gasteiger partial charge in [-0.05, 0) is 28.9 Å². The maximum absolute atomic E-state index is 12.8. The van der Waals surface area contributed by atoms with Crippen LogP contribution in [-0.2, 0) is 0 Å². The Morgan fingerprint density at radius 1 is 1.67 bits per heavy atom. The van der Waals surface area contributed by atoms with Crippen molar-refractivity contribution in [3.8, 4) is 0 Å². The smallest absolute Gasteiger partial charge is 0.264 e. The van der Waals surface area contributed by atoms with Crippen molar-refractivity contribution in [1.82, 2.24) is 5.32 Å². The van der Waals surface area contributed by atoms with Crippen LogP contribution in [0.15, 0.2) is 15.2 Å². The molecule has 1 aromatic rings. The molecule has 1 amide bonds. The van der Waals surface area contributed by atoms with Crippen molar-refractivity contribution < 1.29 is 13.6 Å². The van der Waals surface area contributed by atoms with Gasteiger partial charge in [-0.3, -0.25) is 4.79 Å². The number of hydrogen-bond donors (Lipinski definition) is 1. The summed E-state index contributed by atoms with van der Waals surface area (Å²) in [4.78, 5) is 11.5. The fraction of sp³-hybridized carbons (Fsp3) is 0.444. The standard InChI is InChI=1S/C9H10BrF2NOS/c1-5(9(2,11)12)13-8(14)6-3-7(10)15-4-6/h3-5H,1-2H3,(H,13,14). The molecule has 1 rings (SSSR count). The Bertz CT molecular complexity index is 361. The summed E-state index contributed by atoms with van der Waals surface area (Å²) in [5.74, 6) is -3.39. The van der Waals surface area contributed by atoms with E-state index in [9.17, 15) is 13.6 Å². The summed E-state index contributed by atoms with van der Waals surface area (Å²) in [5.41, 5.74) is 0.392. The van der Waals surface area contributed by atoms with Gasteiger partial charge in [-0.2, -0.15) is 0 Å². The van der Waals surface area contributed by atoms with Crippen LogP contribution < -0.4 is 5.32 Å². The summed E-state index contributed by atoms with van der Waals surface area (Å²) in [5, 5.41) is 3.86. The quantitative estimate of drug-likeness (QED) is 0.911. The number of carbonyl (C=O) groups is 1. The molecule has 0 spiro atoms. The molecular weight excluding hydrogens is 288 g/mol. The molecule has 0 saturated heterocycles. The third kappa shape index (κ3) is 3.53. The number of amides is 1. The van der Waals surface area contributed by atoms with Gasteiger partial charge in [0.1, 0.15) is 0 Å². The molecule has 1 unspecified atom stereocenters. The van der Waals surface area contributed by atoms with Crippen LogP contribution in [0.1, 0.15) is 24.2 Å². The molecule has 15 heavy (non-hydrogen) atoms.